The topological polar surface area (TPSA) is 38.7 Å². The average Bonchev–Trinajstić information content (AvgIpc) is 2.71. The van der Waals surface area contributed by atoms with Crippen LogP contribution >= 0.6 is 11.9 Å². The lowest BCUT2D eigenvalue weighted by molar-refractivity contribution is 0.309. The Morgan fingerprint density at radius 3 is 3.12 bits per heavy atom. The SMILES string of the molecule is C=C1CC=CC2=C1OC1=C(SN=O)C=CCC21. The lowest BCUT2D eigenvalue weighted by atomic mass is 9.88. The van der Waals surface area contributed by atoms with Crippen LogP contribution in [0.5, 0.6) is 0 Å². The molecule has 0 bridgehead atoms. The zero-order valence-corrected chi connectivity index (χ0v) is 10.00. The maximum absolute atomic E-state index is 10.4. The number of hydrogen-bond donors (Lipinski definition) is 0. The van der Waals surface area contributed by atoms with Gasteiger partial charge in [0.25, 0.3) is 0 Å². The highest BCUT2D eigenvalue weighted by atomic mass is 32.2. The van der Waals surface area contributed by atoms with E-state index in [0.717, 1.165) is 46.8 Å². The Kier molecular flexibility index (Phi) is 2.52. The van der Waals surface area contributed by atoms with Crippen LogP contribution in [0.4, 0.5) is 0 Å². The molecular weight excluding hydrogens is 234 g/mol. The Bertz CT molecular complexity index is 526. The van der Waals surface area contributed by atoms with E-state index in [1.165, 1.54) is 5.57 Å². The number of nitrogens with zero attached hydrogens (tertiary/aromatic N) is 1. The van der Waals surface area contributed by atoms with E-state index in [9.17, 15) is 4.91 Å². The van der Waals surface area contributed by atoms with E-state index in [4.69, 9.17) is 4.74 Å². The van der Waals surface area contributed by atoms with Gasteiger partial charge in [-0.1, -0.05) is 24.8 Å². The number of fused-ring (bicyclic) bond motifs is 2. The second kappa shape index (κ2) is 4.04. The molecule has 0 aromatic carbocycles. The fourth-order valence-corrected chi connectivity index (χ4v) is 2.90. The summed E-state index contributed by atoms with van der Waals surface area (Å²) in [4.78, 5) is 11.2. The third-order valence-electron chi connectivity index (χ3n) is 3.17. The van der Waals surface area contributed by atoms with E-state index in [-0.39, 0.29) is 5.92 Å². The number of ether oxygens (including phenoxy) is 1. The van der Waals surface area contributed by atoms with E-state index in [2.05, 4.69) is 29.4 Å². The van der Waals surface area contributed by atoms with E-state index in [1.807, 2.05) is 6.08 Å². The van der Waals surface area contributed by atoms with Gasteiger partial charge in [-0.2, -0.15) is 0 Å². The van der Waals surface area contributed by atoms with Crippen LogP contribution in [-0.2, 0) is 4.74 Å². The van der Waals surface area contributed by atoms with Crippen molar-refractivity contribution >= 4 is 11.9 Å². The Balaban J connectivity index is 2.03. The predicted octanol–water partition coefficient (Wildman–Crippen LogP) is 3.99. The van der Waals surface area contributed by atoms with Crippen molar-refractivity contribution in [3.63, 3.8) is 0 Å². The second-order valence-electron chi connectivity index (χ2n) is 4.18. The van der Waals surface area contributed by atoms with Gasteiger partial charge in [-0.05, 0) is 24.5 Å². The summed E-state index contributed by atoms with van der Waals surface area (Å²) in [6.07, 6.45) is 9.93. The van der Waals surface area contributed by atoms with Gasteiger partial charge in [-0.25, -0.2) is 0 Å². The number of rotatable bonds is 2. The van der Waals surface area contributed by atoms with Crippen LogP contribution in [0, 0.1) is 10.8 Å². The molecule has 0 aromatic heterocycles. The molecule has 0 saturated heterocycles. The monoisotopic (exact) mass is 245 g/mol. The third-order valence-corrected chi connectivity index (χ3v) is 3.78. The molecule has 2 aliphatic carbocycles. The van der Waals surface area contributed by atoms with Crippen molar-refractivity contribution < 1.29 is 4.74 Å². The van der Waals surface area contributed by atoms with Gasteiger partial charge in [0.05, 0.1) is 22.8 Å². The molecule has 0 aromatic rings. The minimum Gasteiger partial charge on any atom is -0.459 e. The van der Waals surface area contributed by atoms with Crippen molar-refractivity contribution in [2.24, 2.45) is 10.5 Å². The Morgan fingerprint density at radius 1 is 1.41 bits per heavy atom. The molecule has 0 fully saturated rings. The fraction of sp³-hybridized carbons (Fsp3) is 0.231. The molecule has 4 heteroatoms. The summed E-state index contributed by atoms with van der Waals surface area (Å²) in [5, 5.41) is 0. The maximum atomic E-state index is 10.4. The minimum absolute atomic E-state index is 0.229. The molecular formula is C13H11NO2S. The highest BCUT2D eigenvalue weighted by Gasteiger charge is 2.36. The normalized spacial score (nSPS) is 25.9. The van der Waals surface area contributed by atoms with Crippen LogP contribution in [-0.4, -0.2) is 0 Å². The largest absolute Gasteiger partial charge is 0.459 e. The highest BCUT2D eigenvalue weighted by Crippen LogP contribution is 2.47. The number of nitroso groups, excluding NO2 is 1. The maximum Gasteiger partial charge on any atom is 0.133 e. The van der Waals surface area contributed by atoms with Crippen LogP contribution in [0.3, 0.4) is 0 Å². The predicted molar refractivity (Wildman–Crippen MR) is 68.7 cm³/mol. The van der Waals surface area contributed by atoms with E-state index < -0.39 is 0 Å². The molecule has 1 atom stereocenters. The minimum atomic E-state index is 0.229. The Morgan fingerprint density at radius 2 is 2.29 bits per heavy atom. The third kappa shape index (κ3) is 1.60. The van der Waals surface area contributed by atoms with Crippen LogP contribution in [0.15, 0.2) is 63.0 Å². The van der Waals surface area contributed by atoms with Crippen molar-refractivity contribution in [2.75, 3.05) is 0 Å². The standard InChI is InChI=1S/C13H11NO2S/c1-8-4-2-5-9-10-6-3-7-11(17-14-15)13(10)16-12(8)9/h2-3,5,7,10H,1,4,6H2. The zero-order valence-electron chi connectivity index (χ0n) is 9.18. The van der Waals surface area contributed by atoms with Gasteiger partial charge in [-0.15, -0.1) is 4.91 Å². The van der Waals surface area contributed by atoms with Crippen LogP contribution in [0.25, 0.3) is 0 Å². The van der Waals surface area contributed by atoms with Gasteiger partial charge in [0.1, 0.15) is 11.5 Å². The van der Waals surface area contributed by atoms with Gasteiger partial charge >= 0.3 is 0 Å². The molecule has 1 heterocycles. The first-order chi connectivity index (χ1) is 8.31. The van der Waals surface area contributed by atoms with Gasteiger partial charge < -0.3 is 4.74 Å². The molecule has 1 aliphatic heterocycles. The molecule has 0 amide bonds. The number of allylic oxidation sites excluding steroid dienone is 6. The first kappa shape index (κ1) is 10.6. The summed E-state index contributed by atoms with van der Waals surface area (Å²) in [5.74, 6) is 1.97. The van der Waals surface area contributed by atoms with E-state index in [0.29, 0.717) is 0 Å². The molecule has 3 aliphatic rings. The summed E-state index contributed by atoms with van der Waals surface area (Å²) < 4.78 is 8.76. The van der Waals surface area contributed by atoms with Crippen LogP contribution in [0.2, 0.25) is 0 Å². The highest BCUT2D eigenvalue weighted by molar-refractivity contribution is 8.01. The molecule has 3 rings (SSSR count). The molecule has 1 unspecified atom stereocenters. The molecule has 0 saturated carbocycles. The van der Waals surface area contributed by atoms with Crippen molar-refractivity contribution in [3.8, 4) is 0 Å². The second-order valence-corrected chi connectivity index (χ2v) is 4.95. The molecule has 0 radical (unpaired) electrons. The molecule has 0 spiro atoms. The summed E-state index contributed by atoms with van der Waals surface area (Å²) in [6.45, 7) is 4.02. The molecule has 3 nitrogen and oxygen atoms in total. The van der Waals surface area contributed by atoms with Crippen molar-refractivity contribution in [1.82, 2.24) is 0 Å². The first-order valence-corrected chi connectivity index (χ1v) is 6.25. The van der Waals surface area contributed by atoms with Gasteiger partial charge in [-0.3, -0.25) is 0 Å². The van der Waals surface area contributed by atoms with Crippen molar-refractivity contribution in [3.05, 3.63) is 63.4 Å². The molecule has 86 valence electrons. The van der Waals surface area contributed by atoms with E-state index in [1.54, 1.807) is 0 Å². The lowest BCUT2D eigenvalue weighted by Gasteiger charge is -2.15. The average molecular weight is 245 g/mol. The molecule has 0 N–H and O–H groups in total. The number of hydrogen-bond acceptors (Lipinski definition) is 4. The lowest BCUT2D eigenvalue weighted by Crippen LogP contribution is -2.05. The quantitative estimate of drug-likeness (QED) is 0.545. The van der Waals surface area contributed by atoms with Gasteiger partial charge in [0.2, 0.25) is 0 Å². The van der Waals surface area contributed by atoms with Crippen LogP contribution in [0.1, 0.15) is 12.8 Å². The summed E-state index contributed by atoms with van der Waals surface area (Å²) in [6, 6.07) is 0. The molecule has 17 heavy (non-hydrogen) atoms. The smallest absolute Gasteiger partial charge is 0.133 e. The first-order valence-electron chi connectivity index (χ1n) is 5.48. The summed E-state index contributed by atoms with van der Waals surface area (Å²) in [5.41, 5.74) is 2.19. The van der Waals surface area contributed by atoms with E-state index >= 15 is 0 Å². The van der Waals surface area contributed by atoms with Gasteiger partial charge in [0.15, 0.2) is 0 Å². The Labute approximate surface area is 104 Å². The zero-order chi connectivity index (χ0) is 11.8. The fourth-order valence-electron chi connectivity index (χ4n) is 2.39. The van der Waals surface area contributed by atoms with Crippen molar-refractivity contribution in [1.29, 1.82) is 0 Å². The van der Waals surface area contributed by atoms with Crippen LogP contribution < -0.4 is 0 Å². The summed E-state index contributed by atoms with van der Waals surface area (Å²) >= 11 is 0.932. The van der Waals surface area contributed by atoms with Gasteiger partial charge in [0, 0.05) is 10.2 Å². The summed E-state index contributed by atoms with van der Waals surface area (Å²) in [7, 11) is 0. The Hall–Kier alpha value is -1.55. The van der Waals surface area contributed by atoms with Crippen molar-refractivity contribution in [2.45, 2.75) is 12.8 Å².